The van der Waals surface area contributed by atoms with Crippen LogP contribution in [0.25, 0.3) is 0 Å². The number of nitrogens with two attached hydrogens (primary N) is 1. The third-order valence-electron chi connectivity index (χ3n) is 2.66. The van der Waals surface area contributed by atoms with E-state index in [-0.39, 0.29) is 17.2 Å². The molecule has 1 heterocycles. The molecule has 0 unspecified atom stereocenters. The van der Waals surface area contributed by atoms with Crippen LogP contribution in [-0.2, 0) is 9.53 Å². The summed E-state index contributed by atoms with van der Waals surface area (Å²) in [5, 5.41) is 3.57. The van der Waals surface area contributed by atoms with E-state index in [1.807, 2.05) is 0 Å². The van der Waals surface area contributed by atoms with Gasteiger partial charge >= 0.3 is 0 Å². The zero-order valence-electron chi connectivity index (χ0n) is 10.5. The van der Waals surface area contributed by atoms with E-state index in [2.05, 4.69) is 33.0 Å². The van der Waals surface area contributed by atoms with E-state index in [4.69, 9.17) is 10.5 Å². The maximum atomic E-state index is 10.5. The van der Waals surface area contributed by atoms with E-state index in [0.717, 1.165) is 12.8 Å². The van der Waals surface area contributed by atoms with Crippen LogP contribution < -0.4 is 11.1 Å². The van der Waals surface area contributed by atoms with Crippen molar-refractivity contribution in [3.63, 3.8) is 0 Å². The molecule has 1 rings (SSSR count). The Bertz CT molecular complexity index is 279. The predicted molar refractivity (Wildman–Crippen MR) is 63.7 cm³/mol. The number of carbonyl (C=O) groups excluding carboxylic acids is 1. The van der Waals surface area contributed by atoms with E-state index < -0.39 is 5.91 Å². The first kappa shape index (κ1) is 13.0. The summed E-state index contributed by atoms with van der Waals surface area (Å²) in [6, 6.07) is 0. The fraction of sp³-hybridized carbons (Fsp3) is 0.750. The third-order valence-corrected chi connectivity index (χ3v) is 2.66. The van der Waals surface area contributed by atoms with E-state index in [0.29, 0.717) is 0 Å². The number of primary amides is 1. The zero-order valence-corrected chi connectivity index (χ0v) is 10.5. The number of hydrogen-bond acceptors (Lipinski definition) is 3. The molecule has 1 fully saturated rings. The molecule has 3 N–H and O–H groups in total. The van der Waals surface area contributed by atoms with Crippen LogP contribution in [0.4, 0.5) is 0 Å². The van der Waals surface area contributed by atoms with E-state index in [9.17, 15) is 4.79 Å². The standard InChI is InChI=1S/C12H22N2O2/c1-11(2)7-9(8-12(3,4)14-11)16-6-5-10(13)15/h5-6,9,14H,7-8H2,1-4H3,(H2,13,15). The van der Waals surface area contributed by atoms with Crippen LogP contribution in [0.15, 0.2) is 12.3 Å². The van der Waals surface area contributed by atoms with Gasteiger partial charge in [-0.25, -0.2) is 0 Å². The minimum Gasteiger partial charge on any atom is -0.498 e. The molecule has 4 heteroatoms. The van der Waals surface area contributed by atoms with Gasteiger partial charge in [-0.15, -0.1) is 0 Å². The molecule has 0 aromatic heterocycles. The smallest absolute Gasteiger partial charge is 0.244 e. The molecule has 1 aliphatic heterocycles. The lowest BCUT2D eigenvalue weighted by Gasteiger charge is -2.45. The molecule has 92 valence electrons. The molecule has 0 radical (unpaired) electrons. The first-order valence-corrected chi connectivity index (χ1v) is 5.61. The Hall–Kier alpha value is -1.03. The fourth-order valence-corrected chi connectivity index (χ4v) is 2.54. The van der Waals surface area contributed by atoms with Crippen molar-refractivity contribution >= 4 is 5.91 Å². The van der Waals surface area contributed by atoms with Crippen LogP contribution in [0, 0.1) is 0 Å². The molecular formula is C12H22N2O2. The molecule has 4 nitrogen and oxygen atoms in total. The largest absolute Gasteiger partial charge is 0.498 e. The first-order chi connectivity index (χ1) is 7.20. The summed E-state index contributed by atoms with van der Waals surface area (Å²) < 4.78 is 5.54. The van der Waals surface area contributed by atoms with Gasteiger partial charge in [-0.05, 0) is 27.7 Å². The highest BCUT2D eigenvalue weighted by atomic mass is 16.5. The van der Waals surface area contributed by atoms with Crippen molar-refractivity contribution in [3.8, 4) is 0 Å². The van der Waals surface area contributed by atoms with Crippen molar-refractivity contribution < 1.29 is 9.53 Å². The molecule has 0 spiro atoms. The minimum atomic E-state index is -0.479. The molecule has 0 aromatic carbocycles. The summed E-state index contributed by atoms with van der Waals surface area (Å²) in [6.45, 7) is 8.62. The highest BCUT2D eigenvalue weighted by Gasteiger charge is 2.38. The number of piperidine rings is 1. The van der Waals surface area contributed by atoms with Crippen molar-refractivity contribution in [3.05, 3.63) is 12.3 Å². The predicted octanol–water partition coefficient (Wildman–Crippen LogP) is 1.31. The topological polar surface area (TPSA) is 64.3 Å². The van der Waals surface area contributed by atoms with Crippen LogP contribution in [-0.4, -0.2) is 23.1 Å². The minimum absolute atomic E-state index is 0.0486. The average molecular weight is 226 g/mol. The Morgan fingerprint density at radius 1 is 1.31 bits per heavy atom. The normalized spacial score (nSPS) is 24.5. The van der Waals surface area contributed by atoms with E-state index in [1.54, 1.807) is 0 Å². The van der Waals surface area contributed by atoms with Crippen LogP contribution in [0.1, 0.15) is 40.5 Å². The molecule has 0 bridgehead atoms. The van der Waals surface area contributed by atoms with Crippen LogP contribution in [0.5, 0.6) is 0 Å². The van der Waals surface area contributed by atoms with Gasteiger partial charge in [0.15, 0.2) is 0 Å². The molecule has 16 heavy (non-hydrogen) atoms. The molecule has 0 atom stereocenters. The number of hydrogen-bond donors (Lipinski definition) is 2. The lowest BCUT2D eigenvalue weighted by atomic mass is 9.81. The van der Waals surface area contributed by atoms with Crippen molar-refractivity contribution in [2.45, 2.75) is 57.7 Å². The van der Waals surface area contributed by atoms with Crippen molar-refractivity contribution in [2.75, 3.05) is 0 Å². The van der Waals surface area contributed by atoms with Gasteiger partial charge in [-0.3, -0.25) is 4.79 Å². The number of carbonyl (C=O) groups is 1. The van der Waals surface area contributed by atoms with Gasteiger partial charge in [-0.1, -0.05) is 0 Å². The fourth-order valence-electron chi connectivity index (χ4n) is 2.54. The highest BCUT2D eigenvalue weighted by molar-refractivity contribution is 5.85. The Balaban J connectivity index is 2.57. The summed E-state index contributed by atoms with van der Waals surface area (Å²) in [7, 11) is 0. The Labute approximate surface area is 97.2 Å². The summed E-state index contributed by atoms with van der Waals surface area (Å²) in [4.78, 5) is 10.5. The summed E-state index contributed by atoms with van der Waals surface area (Å²) in [5.74, 6) is -0.479. The molecule has 0 aliphatic carbocycles. The second-order valence-corrected chi connectivity index (χ2v) is 5.76. The van der Waals surface area contributed by atoms with Crippen LogP contribution >= 0.6 is 0 Å². The molecular weight excluding hydrogens is 204 g/mol. The molecule has 0 aromatic rings. The van der Waals surface area contributed by atoms with Crippen LogP contribution in [0.3, 0.4) is 0 Å². The number of amides is 1. The number of nitrogens with one attached hydrogen (secondary N) is 1. The highest BCUT2D eigenvalue weighted by Crippen LogP contribution is 2.30. The number of ether oxygens (including phenoxy) is 1. The van der Waals surface area contributed by atoms with Crippen molar-refractivity contribution in [2.24, 2.45) is 5.73 Å². The molecule has 1 amide bonds. The molecule has 0 saturated carbocycles. The lowest BCUT2D eigenvalue weighted by Crippen LogP contribution is -2.59. The van der Waals surface area contributed by atoms with Crippen molar-refractivity contribution in [1.82, 2.24) is 5.32 Å². The maximum absolute atomic E-state index is 10.5. The Morgan fingerprint density at radius 2 is 1.81 bits per heavy atom. The van der Waals surface area contributed by atoms with Gasteiger partial charge in [0.2, 0.25) is 5.91 Å². The van der Waals surface area contributed by atoms with Gasteiger partial charge < -0.3 is 15.8 Å². The average Bonchev–Trinajstić information content (AvgIpc) is 1.96. The Kier molecular flexibility index (Phi) is 3.63. The monoisotopic (exact) mass is 226 g/mol. The lowest BCUT2D eigenvalue weighted by molar-refractivity contribution is -0.113. The van der Waals surface area contributed by atoms with Crippen molar-refractivity contribution in [1.29, 1.82) is 0 Å². The second-order valence-electron chi connectivity index (χ2n) is 5.76. The maximum Gasteiger partial charge on any atom is 0.244 e. The van der Waals surface area contributed by atoms with Gasteiger partial charge in [0.05, 0.1) is 6.26 Å². The van der Waals surface area contributed by atoms with Crippen LogP contribution in [0.2, 0.25) is 0 Å². The van der Waals surface area contributed by atoms with Gasteiger partial charge in [0, 0.05) is 30.0 Å². The third kappa shape index (κ3) is 4.23. The summed E-state index contributed by atoms with van der Waals surface area (Å²) >= 11 is 0. The van der Waals surface area contributed by atoms with E-state index in [1.165, 1.54) is 12.3 Å². The summed E-state index contributed by atoms with van der Waals surface area (Å²) in [5.41, 5.74) is 5.09. The SMILES string of the molecule is CC1(C)CC(OC=CC(N)=O)CC(C)(C)N1. The summed E-state index contributed by atoms with van der Waals surface area (Å²) in [6.07, 6.45) is 4.62. The Morgan fingerprint density at radius 3 is 2.25 bits per heavy atom. The first-order valence-electron chi connectivity index (χ1n) is 5.61. The second kappa shape index (κ2) is 4.45. The van der Waals surface area contributed by atoms with E-state index >= 15 is 0 Å². The zero-order chi connectivity index (χ0) is 12.4. The molecule has 1 saturated heterocycles. The number of rotatable bonds is 3. The molecule has 1 aliphatic rings. The van der Waals surface area contributed by atoms with Gasteiger partial charge in [0.25, 0.3) is 0 Å². The van der Waals surface area contributed by atoms with Gasteiger partial charge in [0.1, 0.15) is 6.10 Å². The quantitative estimate of drug-likeness (QED) is 0.563. The van der Waals surface area contributed by atoms with Gasteiger partial charge in [-0.2, -0.15) is 0 Å².